The van der Waals surface area contributed by atoms with E-state index in [9.17, 15) is 4.79 Å². The van der Waals surface area contributed by atoms with Gasteiger partial charge in [-0.25, -0.2) is 10.4 Å². The maximum Gasteiger partial charge on any atom is 0.267 e. The Morgan fingerprint density at radius 3 is 3.16 bits per heavy atom. The molecule has 8 nitrogen and oxygen atoms in total. The number of hydrogen-bond acceptors (Lipinski definition) is 8. The van der Waals surface area contributed by atoms with Crippen molar-refractivity contribution >= 4 is 23.6 Å². The van der Waals surface area contributed by atoms with Crippen LogP contribution in [0.3, 0.4) is 0 Å². The summed E-state index contributed by atoms with van der Waals surface area (Å²) >= 11 is 1.55. The van der Waals surface area contributed by atoms with Crippen LogP contribution in [0.5, 0.6) is 0 Å². The van der Waals surface area contributed by atoms with Gasteiger partial charge in [0.25, 0.3) is 5.91 Å². The molecule has 25 heavy (non-hydrogen) atoms. The highest BCUT2D eigenvalue weighted by Gasteiger charge is 2.48. The number of fused-ring (bicyclic) bond motifs is 3. The van der Waals surface area contributed by atoms with Crippen molar-refractivity contribution in [2.24, 2.45) is 11.0 Å². The maximum atomic E-state index is 12.9. The molecule has 2 aliphatic heterocycles. The molecule has 2 fully saturated rings. The Morgan fingerprint density at radius 1 is 1.36 bits per heavy atom. The van der Waals surface area contributed by atoms with Gasteiger partial charge in [-0.15, -0.1) is 11.3 Å². The third-order valence-electron chi connectivity index (χ3n) is 5.16. The van der Waals surface area contributed by atoms with Gasteiger partial charge < -0.3 is 4.52 Å². The predicted molar refractivity (Wildman–Crippen MR) is 91.2 cm³/mol. The molecule has 4 heterocycles. The van der Waals surface area contributed by atoms with Crippen molar-refractivity contribution in [3.8, 4) is 10.7 Å². The minimum absolute atomic E-state index is 0.000253. The molecule has 1 N–H and O–H groups in total. The lowest BCUT2D eigenvalue weighted by Crippen LogP contribution is -2.51. The topological polar surface area (TPSA) is 86.9 Å². The van der Waals surface area contributed by atoms with E-state index < -0.39 is 0 Å². The number of hydrogen-bond donors (Lipinski definition) is 1. The van der Waals surface area contributed by atoms with E-state index in [1.807, 2.05) is 22.5 Å². The van der Waals surface area contributed by atoms with Gasteiger partial charge in [-0.2, -0.15) is 10.1 Å². The quantitative estimate of drug-likeness (QED) is 0.901. The van der Waals surface area contributed by atoms with Crippen LogP contribution in [0, 0.1) is 5.92 Å². The standard InChI is InChI=1S/C16H18N6O2S/c23-16-14-10-4-1-2-5-11(10)19-22(14)9-17-21(16)8-13-18-15(20-24-13)12-6-3-7-25-12/h3,6-7,9-11,14,19H,1-2,4-5,8H2. The number of rotatable bonds is 3. The van der Waals surface area contributed by atoms with Crippen LogP contribution in [0.4, 0.5) is 0 Å². The summed E-state index contributed by atoms with van der Waals surface area (Å²) in [5.41, 5.74) is 3.42. The number of hydrazone groups is 1. The number of carbonyl (C=O) groups is 1. The number of aromatic nitrogens is 2. The van der Waals surface area contributed by atoms with E-state index in [1.165, 1.54) is 17.9 Å². The highest BCUT2D eigenvalue weighted by atomic mass is 32.1. The van der Waals surface area contributed by atoms with Crippen molar-refractivity contribution < 1.29 is 9.32 Å². The summed E-state index contributed by atoms with van der Waals surface area (Å²) in [6.07, 6.45) is 6.31. The van der Waals surface area contributed by atoms with Crippen LogP contribution in [0.2, 0.25) is 0 Å². The van der Waals surface area contributed by atoms with Gasteiger partial charge in [0.2, 0.25) is 11.7 Å². The van der Waals surface area contributed by atoms with Crippen LogP contribution in [0.25, 0.3) is 10.7 Å². The van der Waals surface area contributed by atoms with Crippen LogP contribution in [-0.4, -0.2) is 44.5 Å². The van der Waals surface area contributed by atoms with E-state index in [0.29, 0.717) is 23.7 Å². The molecule has 3 atom stereocenters. The molecule has 1 amide bonds. The van der Waals surface area contributed by atoms with Gasteiger partial charge in [0.1, 0.15) is 18.9 Å². The minimum atomic E-state index is -0.178. The SMILES string of the molecule is O=C1C2C3CCCCC3NN2C=NN1Cc1nc(-c2cccs2)no1. The average molecular weight is 358 g/mol. The van der Waals surface area contributed by atoms with E-state index in [2.05, 4.69) is 20.7 Å². The lowest BCUT2D eigenvalue weighted by molar-refractivity contribution is -0.139. The average Bonchev–Trinajstić information content (AvgIpc) is 3.36. The Morgan fingerprint density at radius 2 is 2.28 bits per heavy atom. The molecular formula is C16H18N6O2S. The zero-order chi connectivity index (χ0) is 16.8. The molecule has 3 unspecified atom stereocenters. The zero-order valence-electron chi connectivity index (χ0n) is 13.5. The molecule has 1 aliphatic carbocycles. The fraction of sp³-hybridized carbons (Fsp3) is 0.500. The van der Waals surface area contributed by atoms with Crippen LogP contribution in [0.1, 0.15) is 31.6 Å². The van der Waals surface area contributed by atoms with Crippen molar-refractivity contribution in [2.45, 2.75) is 44.3 Å². The molecule has 0 spiro atoms. The Balaban J connectivity index is 1.34. The van der Waals surface area contributed by atoms with E-state index >= 15 is 0 Å². The Bertz CT molecular complexity index is 803. The lowest BCUT2D eigenvalue weighted by Gasteiger charge is -2.32. The number of nitrogens with zero attached hydrogens (tertiary/aromatic N) is 5. The summed E-state index contributed by atoms with van der Waals surface area (Å²) < 4.78 is 5.31. The van der Waals surface area contributed by atoms with Gasteiger partial charge in [-0.1, -0.05) is 24.1 Å². The van der Waals surface area contributed by atoms with E-state index in [-0.39, 0.29) is 18.5 Å². The second kappa shape index (κ2) is 5.92. The van der Waals surface area contributed by atoms with Crippen molar-refractivity contribution in [1.29, 1.82) is 0 Å². The highest BCUT2D eigenvalue weighted by molar-refractivity contribution is 7.13. The molecular weight excluding hydrogens is 340 g/mol. The Labute approximate surface area is 148 Å². The van der Waals surface area contributed by atoms with Crippen molar-refractivity contribution in [3.05, 3.63) is 23.4 Å². The second-order valence-corrected chi connectivity index (χ2v) is 7.60. The lowest BCUT2D eigenvalue weighted by atomic mass is 9.81. The fourth-order valence-electron chi connectivity index (χ4n) is 3.98. The molecule has 5 rings (SSSR count). The third kappa shape index (κ3) is 2.54. The second-order valence-electron chi connectivity index (χ2n) is 6.65. The van der Waals surface area contributed by atoms with Crippen molar-refractivity contribution in [2.75, 3.05) is 0 Å². The summed E-state index contributed by atoms with van der Waals surface area (Å²) in [5.74, 6) is 1.29. The van der Waals surface area contributed by atoms with Crippen molar-refractivity contribution in [3.63, 3.8) is 0 Å². The molecule has 9 heteroatoms. The maximum absolute atomic E-state index is 12.9. The van der Waals surface area contributed by atoms with Gasteiger partial charge in [-0.3, -0.25) is 9.80 Å². The summed E-state index contributed by atoms with van der Waals surface area (Å²) in [6.45, 7) is 0.204. The molecule has 2 aromatic heterocycles. The fourth-order valence-corrected chi connectivity index (χ4v) is 4.63. The Hall–Kier alpha value is -2.26. The first-order valence-corrected chi connectivity index (χ1v) is 9.44. The molecule has 1 saturated carbocycles. The van der Waals surface area contributed by atoms with E-state index in [1.54, 1.807) is 17.7 Å². The normalized spacial score (nSPS) is 28.3. The van der Waals surface area contributed by atoms with Crippen molar-refractivity contribution in [1.82, 2.24) is 25.6 Å². The van der Waals surface area contributed by atoms with Crippen LogP contribution >= 0.6 is 11.3 Å². The van der Waals surface area contributed by atoms with Gasteiger partial charge in [-0.05, 0) is 24.3 Å². The number of hydrazine groups is 1. The molecule has 130 valence electrons. The largest absolute Gasteiger partial charge is 0.337 e. The molecule has 1 saturated heterocycles. The summed E-state index contributed by atoms with van der Waals surface area (Å²) in [6, 6.07) is 4.08. The summed E-state index contributed by atoms with van der Waals surface area (Å²) in [4.78, 5) is 18.3. The first kappa shape index (κ1) is 15.0. The Kier molecular flexibility index (Phi) is 3.56. The van der Waals surface area contributed by atoms with Crippen LogP contribution in [0.15, 0.2) is 27.1 Å². The summed E-state index contributed by atoms with van der Waals surface area (Å²) in [5, 5.41) is 13.6. The number of carbonyl (C=O) groups excluding carboxylic acids is 1. The van der Waals surface area contributed by atoms with Gasteiger partial charge in [0.05, 0.1) is 4.88 Å². The summed E-state index contributed by atoms with van der Waals surface area (Å²) in [7, 11) is 0. The number of amides is 1. The first-order valence-electron chi connectivity index (χ1n) is 8.56. The molecule has 3 aliphatic rings. The molecule has 2 aromatic rings. The van der Waals surface area contributed by atoms with Gasteiger partial charge >= 0.3 is 0 Å². The van der Waals surface area contributed by atoms with Gasteiger partial charge in [0.15, 0.2) is 0 Å². The van der Waals surface area contributed by atoms with E-state index in [4.69, 9.17) is 4.52 Å². The third-order valence-corrected chi connectivity index (χ3v) is 6.02. The van der Waals surface area contributed by atoms with E-state index in [0.717, 1.165) is 17.7 Å². The monoisotopic (exact) mass is 358 g/mol. The smallest absolute Gasteiger partial charge is 0.267 e. The molecule has 0 bridgehead atoms. The van der Waals surface area contributed by atoms with Crippen LogP contribution < -0.4 is 5.43 Å². The molecule has 0 radical (unpaired) electrons. The van der Waals surface area contributed by atoms with Gasteiger partial charge in [0, 0.05) is 12.0 Å². The number of thiophene rings is 1. The first-order chi connectivity index (χ1) is 12.3. The highest BCUT2D eigenvalue weighted by Crippen LogP contribution is 2.35. The minimum Gasteiger partial charge on any atom is -0.337 e. The molecule has 0 aromatic carbocycles. The van der Waals surface area contributed by atoms with Crippen LogP contribution in [-0.2, 0) is 11.3 Å². The number of nitrogens with one attached hydrogen (secondary N) is 1. The predicted octanol–water partition coefficient (Wildman–Crippen LogP) is 1.83. The zero-order valence-corrected chi connectivity index (χ0v) is 14.4.